The van der Waals surface area contributed by atoms with Gasteiger partial charge in [0, 0.05) is 18.3 Å². The van der Waals surface area contributed by atoms with Crippen LogP contribution in [0.4, 0.5) is 0 Å². The highest BCUT2D eigenvalue weighted by molar-refractivity contribution is 5.44. The molecule has 1 aliphatic carbocycles. The van der Waals surface area contributed by atoms with E-state index in [1.165, 1.54) is 30.4 Å². The monoisotopic (exact) mass is 494 g/mol. The Kier molecular flexibility index (Phi) is 9.73. The molecular formula is C32H46O4. The van der Waals surface area contributed by atoms with E-state index in [0.29, 0.717) is 0 Å². The lowest BCUT2D eigenvalue weighted by atomic mass is 9.61. The lowest BCUT2D eigenvalue weighted by Crippen LogP contribution is -2.34. The zero-order valence-corrected chi connectivity index (χ0v) is 22.8. The molecule has 2 aromatic rings. The predicted molar refractivity (Wildman–Crippen MR) is 146 cm³/mol. The maximum absolute atomic E-state index is 6.28. The molecule has 2 aromatic carbocycles. The normalized spacial score (nSPS) is 25.5. The van der Waals surface area contributed by atoms with E-state index in [9.17, 15) is 0 Å². The first kappa shape index (κ1) is 27.0. The first-order valence-corrected chi connectivity index (χ1v) is 14.3. The zero-order chi connectivity index (χ0) is 25.4. The Bertz CT molecular complexity index is 908. The van der Waals surface area contributed by atoms with E-state index in [0.717, 1.165) is 75.1 Å². The van der Waals surface area contributed by atoms with Crippen molar-refractivity contribution in [3.63, 3.8) is 0 Å². The van der Waals surface area contributed by atoms with Gasteiger partial charge in [0.05, 0.1) is 13.2 Å². The fourth-order valence-electron chi connectivity index (χ4n) is 5.86. The molecule has 4 heteroatoms. The molecule has 0 amide bonds. The average molecular weight is 495 g/mol. The Morgan fingerprint density at radius 3 is 2.33 bits per heavy atom. The first-order valence-electron chi connectivity index (χ1n) is 14.3. The summed E-state index contributed by atoms with van der Waals surface area (Å²) in [5.74, 6) is 3.31. The quantitative estimate of drug-likeness (QED) is 0.295. The lowest BCUT2D eigenvalue weighted by Gasteiger charge is -2.42. The fraction of sp³-hybridized carbons (Fsp3) is 0.625. The Morgan fingerprint density at radius 1 is 0.917 bits per heavy atom. The molecule has 2 unspecified atom stereocenters. The number of benzene rings is 2. The Labute approximate surface area is 218 Å². The van der Waals surface area contributed by atoms with Gasteiger partial charge in [0.15, 0.2) is 12.6 Å². The maximum atomic E-state index is 6.28. The standard InChI is InChI=1S/C32H46O4/c1-5-21-33-30(6-2)35-28-15-13-26(14-16-28)32(19-17-25(18-20-32)24(3)4)27-10-9-11-29(23-27)36-31-12-7-8-22-34-31/h9-11,13-16,23-25,30-31H,5-8,12,17-22H2,1-4H3. The number of hydrogen-bond donors (Lipinski definition) is 0. The minimum atomic E-state index is -0.193. The topological polar surface area (TPSA) is 36.9 Å². The van der Waals surface area contributed by atoms with Crippen molar-refractivity contribution in [2.45, 2.75) is 103 Å². The molecule has 0 aromatic heterocycles. The second kappa shape index (κ2) is 13.0. The molecule has 0 radical (unpaired) electrons. The maximum Gasteiger partial charge on any atom is 0.199 e. The Hall–Kier alpha value is -2.04. The highest BCUT2D eigenvalue weighted by atomic mass is 16.7. The van der Waals surface area contributed by atoms with Gasteiger partial charge in [0.25, 0.3) is 0 Å². The van der Waals surface area contributed by atoms with Crippen molar-refractivity contribution in [2.75, 3.05) is 13.2 Å². The molecular weight excluding hydrogens is 448 g/mol. The first-order chi connectivity index (χ1) is 17.5. The van der Waals surface area contributed by atoms with Gasteiger partial charge in [-0.1, -0.05) is 52.0 Å². The summed E-state index contributed by atoms with van der Waals surface area (Å²) in [4.78, 5) is 0. The molecule has 0 bridgehead atoms. The van der Waals surface area contributed by atoms with Crippen LogP contribution < -0.4 is 9.47 Å². The Balaban J connectivity index is 1.58. The second-order valence-corrected chi connectivity index (χ2v) is 11.0. The largest absolute Gasteiger partial charge is 0.465 e. The van der Waals surface area contributed by atoms with Gasteiger partial charge in [-0.25, -0.2) is 0 Å². The molecule has 1 saturated heterocycles. The molecule has 1 aliphatic heterocycles. The minimum absolute atomic E-state index is 0.0143. The van der Waals surface area contributed by atoms with Gasteiger partial charge >= 0.3 is 0 Å². The number of rotatable bonds is 11. The van der Waals surface area contributed by atoms with E-state index in [1.54, 1.807) is 0 Å². The van der Waals surface area contributed by atoms with Gasteiger partial charge in [0.2, 0.25) is 0 Å². The van der Waals surface area contributed by atoms with Crippen LogP contribution in [0.15, 0.2) is 48.5 Å². The molecule has 4 rings (SSSR count). The van der Waals surface area contributed by atoms with E-state index < -0.39 is 0 Å². The van der Waals surface area contributed by atoms with Crippen molar-refractivity contribution >= 4 is 0 Å². The predicted octanol–water partition coefficient (Wildman–Crippen LogP) is 8.27. The second-order valence-electron chi connectivity index (χ2n) is 11.0. The highest BCUT2D eigenvalue weighted by Crippen LogP contribution is 2.48. The van der Waals surface area contributed by atoms with Crippen molar-refractivity contribution < 1.29 is 18.9 Å². The van der Waals surface area contributed by atoms with Crippen molar-refractivity contribution in [1.82, 2.24) is 0 Å². The SMILES string of the molecule is CCCOC(CC)Oc1ccc(C2(c3cccc(OC4CCCCO4)c3)CCC(C(C)C)CC2)cc1. The van der Waals surface area contributed by atoms with Crippen LogP contribution >= 0.6 is 0 Å². The highest BCUT2D eigenvalue weighted by Gasteiger charge is 2.39. The molecule has 1 saturated carbocycles. The van der Waals surface area contributed by atoms with E-state index in [1.807, 2.05) is 0 Å². The number of hydrogen-bond acceptors (Lipinski definition) is 4. The molecule has 4 nitrogen and oxygen atoms in total. The fourth-order valence-corrected chi connectivity index (χ4v) is 5.86. The van der Waals surface area contributed by atoms with Crippen LogP contribution in [0.2, 0.25) is 0 Å². The molecule has 1 heterocycles. The summed E-state index contributed by atoms with van der Waals surface area (Å²) in [7, 11) is 0. The van der Waals surface area contributed by atoms with E-state index >= 15 is 0 Å². The molecule has 2 aliphatic rings. The van der Waals surface area contributed by atoms with Crippen LogP contribution in [0.25, 0.3) is 0 Å². The van der Waals surface area contributed by atoms with Gasteiger partial charge in [-0.05, 0) is 92.2 Å². The molecule has 36 heavy (non-hydrogen) atoms. The third kappa shape index (κ3) is 6.63. The van der Waals surface area contributed by atoms with Crippen molar-refractivity contribution in [2.24, 2.45) is 11.8 Å². The van der Waals surface area contributed by atoms with E-state index in [4.69, 9.17) is 18.9 Å². The summed E-state index contributed by atoms with van der Waals surface area (Å²) < 4.78 is 24.1. The van der Waals surface area contributed by atoms with Crippen LogP contribution in [0.1, 0.15) is 96.6 Å². The molecule has 0 spiro atoms. The van der Waals surface area contributed by atoms with Crippen LogP contribution in [0.3, 0.4) is 0 Å². The van der Waals surface area contributed by atoms with Crippen LogP contribution in [0, 0.1) is 11.8 Å². The molecule has 0 N–H and O–H groups in total. The number of ether oxygens (including phenoxy) is 4. The Morgan fingerprint density at radius 2 is 1.69 bits per heavy atom. The van der Waals surface area contributed by atoms with Crippen LogP contribution in [-0.4, -0.2) is 25.8 Å². The van der Waals surface area contributed by atoms with Gasteiger partial charge < -0.3 is 18.9 Å². The third-order valence-corrected chi connectivity index (χ3v) is 8.13. The summed E-state index contributed by atoms with van der Waals surface area (Å²) in [6.07, 6.45) is 9.56. The van der Waals surface area contributed by atoms with Crippen molar-refractivity contribution in [1.29, 1.82) is 0 Å². The van der Waals surface area contributed by atoms with E-state index in [2.05, 4.69) is 76.2 Å². The van der Waals surface area contributed by atoms with Gasteiger partial charge in [-0.15, -0.1) is 0 Å². The van der Waals surface area contributed by atoms with Gasteiger partial charge in [-0.3, -0.25) is 0 Å². The molecule has 2 atom stereocenters. The summed E-state index contributed by atoms with van der Waals surface area (Å²) in [5.41, 5.74) is 2.70. The van der Waals surface area contributed by atoms with Gasteiger partial charge in [-0.2, -0.15) is 0 Å². The summed E-state index contributed by atoms with van der Waals surface area (Å²) in [6, 6.07) is 17.6. The minimum Gasteiger partial charge on any atom is -0.465 e. The molecule has 198 valence electrons. The summed E-state index contributed by atoms with van der Waals surface area (Å²) in [6.45, 7) is 10.5. The lowest BCUT2D eigenvalue weighted by molar-refractivity contribution is -0.105. The smallest absolute Gasteiger partial charge is 0.199 e. The van der Waals surface area contributed by atoms with Crippen LogP contribution in [0.5, 0.6) is 11.5 Å². The zero-order valence-electron chi connectivity index (χ0n) is 22.8. The third-order valence-electron chi connectivity index (χ3n) is 8.13. The van der Waals surface area contributed by atoms with Crippen LogP contribution in [-0.2, 0) is 14.9 Å². The van der Waals surface area contributed by atoms with Crippen molar-refractivity contribution in [3.05, 3.63) is 59.7 Å². The average Bonchev–Trinajstić information content (AvgIpc) is 2.92. The van der Waals surface area contributed by atoms with Crippen molar-refractivity contribution in [3.8, 4) is 11.5 Å². The summed E-state index contributed by atoms with van der Waals surface area (Å²) >= 11 is 0. The van der Waals surface area contributed by atoms with E-state index in [-0.39, 0.29) is 18.0 Å². The van der Waals surface area contributed by atoms with Gasteiger partial charge in [0.1, 0.15) is 11.5 Å². The molecule has 2 fully saturated rings. The summed E-state index contributed by atoms with van der Waals surface area (Å²) in [5, 5.41) is 0.